The van der Waals surface area contributed by atoms with Crippen molar-refractivity contribution < 1.29 is 44.6 Å². The van der Waals surface area contributed by atoms with Gasteiger partial charge < -0.3 is 9.47 Å². The van der Waals surface area contributed by atoms with E-state index < -0.39 is 52.5 Å². The lowest BCUT2D eigenvalue weighted by Crippen LogP contribution is -2.26. The fourth-order valence-electron chi connectivity index (χ4n) is 6.43. The Bertz CT molecular complexity index is 1260. The molecule has 2 nitrogen and oxygen atoms in total. The molecule has 2 aliphatic carbocycles. The van der Waals surface area contributed by atoms with Crippen LogP contribution in [0.3, 0.4) is 0 Å². The van der Waals surface area contributed by atoms with Crippen molar-refractivity contribution >= 4 is 0 Å². The molecule has 4 rings (SSSR count). The summed E-state index contributed by atoms with van der Waals surface area (Å²) in [4.78, 5) is 0. The number of allylic oxidation sites excluding steroid dienone is 2. The lowest BCUT2D eigenvalue weighted by molar-refractivity contribution is -0.189. The zero-order chi connectivity index (χ0) is 31.9. The highest BCUT2D eigenvalue weighted by atomic mass is 19.3. The summed E-state index contributed by atoms with van der Waals surface area (Å²) in [5.74, 6) is -7.20. The van der Waals surface area contributed by atoms with Gasteiger partial charge >= 0.3 is 12.2 Å². The Morgan fingerprint density at radius 2 is 1.32 bits per heavy atom. The molecular weight excluding hydrogens is 592 g/mol. The zero-order valence-electron chi connectivity index (χ0n) is 24.7. The second-order valence-corrected chi connectivity index (χ2v) is 12.0. The van der Waals surface area contributed by atoms with Crippen molar-refractivity contribution in [1.29, 1.82) is 0 Å². The van der Waals surface area contributed by atoms with Crippen molar-refractivity contribution in [1.82, 2.24) is 0 Å². The molecule has 0 aliphatic heterocycles. The van der Waals surface area contributed by atoms with E-state index in [2.05, 4.69) is 28.5 Å². The minimum absolute atomic E-state index is 0.204. The standard InChI is InChI=1S/C34H38F8O2/c1-2-3-4-5-21-6-8-22(9-7-21)10-11-23-12-14-24(15-13-23)25-16-27(35)32(28(36)17-25)34(41,42)44-26-18-29(37)33(30(38)19-26)43-20-31(39)40/h10-11,16-24H,2-9,12-15H2,1H3/b11-10+. The fraction of sp³-hybridized carbons (Fsp3) is 0.529. The number of benzene rings is 2. The molecule has 242 valence electrons. The van der Waals surface area contributed by atoms with Crippen molar-refractivity contribution in [2.45, 2.75) is 96.0 Å². The molecule has 0 spiro atoms. The Morgan fingerprint density at radius 1 is 0.773 bits per heavy atom. The molecule has 2 saturated carbocycles. The number of hydrogen-bond acceptors (Lipinski definition) is 2. The number of alkyl halides is 2. The van der Waals surface area contributed by atoms with Crippen molar-refractivity contribution in [3.8, 4) is 11.5 Å². The molecule has 2 aliphatic rings. The first-order valence-corrected chi connectivity index (χ1v) is 15.4. The Labute approximate surface area is 253 Å². The highest BCUT2D eigenvalue weighted by Crippen LogP contribution is 2.42. The Hall–Kier alpha value is -3.04. The van der Waals surface area contributed by atoms with Crippen molar-refractivity contribution in [2.24, 2.45) is 17.8 Å². The summed E-state index contributed by atoms with van der Waals surface area (Å²) in [7, 11) is 0. The van der Waals surface area contributed by atoms with Crippen LogP contribution in [0.4, 0.5) is 35.1 Å². The topological polar surface area (TPSA) is 18.5 Å². The van der Waals surface area contributed by atoms with E-state index >= 15 is 0 Å². The highest BCUT2D eigenvalue weighted by Gasteiger charge is 2.42. The molecule has 0 amide bonds. The van der Waals surface area contributed by atoms with Gasteiger partial charge in [0, 0.05) is 12.1 Å². The van der Waals surface area contributed by atoms with Gasteiger partial charge in [0.2, 0.25) is 0 Å². The van der Waals surface area contributed by atoms with Gasteiger partial charge in [0.1, 0.15) is 22.9 Å². The molecular formula is C34H38F8O2. The van der Waals surface area contributed by atoms with Crippen LogP contribution in [0, 0.1) is 41.0 Å². The molecule has 2 aromatic carbocycles. The third-order valence-electron chi connectivity index (χ3n) is 8.85. The van der Waals surface area contributed by atoms with E-state index in [1.54, 1.807) is 0 Å². The summed E-state index contributed by atoms with van der Waals surface area (Å²) in [6.07, 6.45) is 10.5. The first-order valence-electron chi connectivity index (χ1n) is 15.4. The summed E-state index contributed by atoms with van der Waals surface area (Å²) in [5, 5.41) is 0. The molecule has 0 unspecified atom stereocenters. The lowest BCUT2D eigenvalue weighted by Gasteiger charge is -2.29. The first kappa shape index (κ1) is 33.8. The van der Waals surface area contributed by atoms with E-state index in [1.165, 1.54) is 51.4 Å². The number of halogens is 8. The van der Waals surface area contributed by atoms with Gasteiger partial charge in [-0.05, 0) is 92.7 Å². The van der Waals surface area contributed by atoms with Crippen LogP contribution in [0.5, 0.6) is 11.5 Å². The lowest BCUT2D eigenvalue weighted by atomic mass is 9.76. The predicted molar refractivity (Wildman–Crippen MR) is 152 cm³/mol. The average molecular weight is 631 g/mol. The first-order chi connectivity index (χ1) is 21.0. The van der Waals surface area contributed by atoms with Gasteiger partial charge in [0.05, 0.1) is 0 Å². The summed E-state index contributed by atoms with van der Waals surface area (Å²) < 4.78 is 120. The van der Waals surface area contributed by atoms with Gasteiger partial charge in [-0.15, -0.1) is 0 Å². The second kappa shape index (κ2) is 15.3. The number of rotatable bonds is 12. The SMILES string of the molecule is CCCCCC1CCC(/C=C/C2CCC(c3cc(F)c(C(F)(F)Oc4cc(F)c(OC=C(F)F)c(F)c4)c(F)c3)CC2)CC1. The van der Waals surface area contributed by atoms with Gasteiger partial charge in [0.25, 0.3) is 0 Å². The smallest absolute Gasteiger partial charge is 0.432 e. The van der Waals surface area contributed by atoms with E-state index in [4.69, 9.17) is 0 Å². The Kier molecular flexibility index (Phi) is 11.8. The molecule has 0 atom stereocenters. The molecule has 0 saturated heterocycles. The maximum atomic E-state index is 14.9. The third-order valence-corrected chi connectivity index (χ3v) is 8.85. The van der Waals surface area contributed by atoms with Crippen LogP contribution in [0.15, 0.2) is 48.8 Å². The second-order valence-electron chi connectivity index (χ2n) is 12.0. The van der Waals surface area contributed by atoms with E-state index in [9.17, 15) is 35.1 Å². The van der Waals surface area contributed by atoms with Crippen molar-refractivity contribution in [3.05, 3.63) is 83.2 Å². The van der Waals surface area contributed by atoms with E-state index in [0.717, 1.165) is 30.9 Å². The molecule has 2 fully saturated rings. The van der Waals surface area contributed by atoms with Crippen LogP contribution in [0.2, 0.25) is 0 Å². The number of unbranched alkanes of at least 4 members (excludes halogenated alkanes) is 2. The molecule has 0 radical (unpaired) electrons. The van der Waals surface area contributed by atoms with Crippen LogP contribution < -0.4 is 9.47 Å². The maximum absolute atomic E-state index is 14.9. The maximum Gasteiger partial charge on any atom is 0.432 e. The van der Waals surface area contributed by atoms with Crippen LogP contribution >= 0.6 is 0 Å². The molecule has 10 heteroatoms. The summed E-state index contributed by atoms with van der Waals surface area (Å²) in [5.41, 5.74) is -1.45. The Morgan fingerprint density at radius 3 is 1.84 bits per heavy atom. The minimum Gasteiger partial charge on any atom is -0.453 e. The van der Waals surface area contributed by atoms with Gasteiger partial charge in [-0.25, -0.2) is 17.6 Å². The fourth-order valence-corrected chi connectivity index (χ4v) is 6.43. The Balaban J connectivity index is 1.34. The highest BCUT2D eigenvalue weighted by molar-refractivity contribution is 5.37. The largest absolute Gasteiger partial charge is 0.453 e. The average Bonchev–Trinajstić information content (AvgIpc) is 2.96. The molecule has 0 heterocycles. The van der Waals surface area contributed by atoms with Gasteiger partial charge in [0.15, 0.2) is 23.6 Å². The summed E-state index contributed by atoms with van der Waals surface area (Å²) >= 11 is 0. The van der Waals surface area contributed by atoms with Crippen molar-refractivity contribution in [3.63, 3.8) is 0 Å². The molecule has 2 aromatic rings. The van der Waals surface area contributed by atoms with Crippen LogP contribution in [-0.2, 0) is 6.11 Å². The van der Waals surface area contributed by atoms with Gasteiger partial charge in [-0.2, -0.15) is 17.6 Å². The van der Waals surface area contributed by atoms with E-state index in [0.29, 0.717) is 24.7 Å². The molecule has 0 aromatic heterocycles. The van der Waals surface area contributed by atoms with Gasteiger partial charge in [-0.3, -0.25) is 0 Å². The van der Waals surface area contributed by atoms with Crippen LogP contribution in [0.25, 0.3) is 0 Å². The molecule has 44 heavy (non-hydrogen) atoms. The van der Waals surface area contributed by atoms with Crippen molar-refractivity contribution in [2.75, 3.05) is 0 Å². The predicted octanol–water partition coefficient (Wildman–Crippen LogP) is 11.7. The quantitative estimate of drug-likeness (QED) is 0.101. The minimum atomic E-state index is -4.64. The van der Waals surface area contributed by atoms with E-state index in [-0.39, 0.29) is 29.9 Å². The molecule has 0 bridgehead atoms. The number of ether oxygens (including phenoxy) is 2. The zero-order valence-corrected chi connectivity index (χ0v) is 24.7. The molecule has 0 N–H and O–H groups in total. The number of hydrogen-bond donors (Lipinski definition) is 0. The van der Waals surface area contributed by atoms with Gasteiger partial charge in [-0.1, -0.05) is 44.8 Å². The monoisotopic (exact) mass is 630 g/mol. The normalized spacial score (nSPS) is 22.7. The summed E-state index contributed by atoms with van der Waals surface area (Å²) in [6.45, 7) is 2.22. The van der Waals surface area contributed by atoms with E-state index in [1.807, 2.05) is 0 Å². The van der Waals surface area contributed by atoms with Crippen LogP contribution in [0.1, 0.15) is 101 Å². The van der Waals surface area contributed by atoms with Crippen LogP contribution in [-0.4, -0.2) is 0 Å². The summed E-state index contributed by atoms with van der Waals surface area (Å²) in [6, 6.07) is 2.16. The third kappa shape index (κ3) is 9.00.